The van der Waals surface area contributed by atoms with Crippen molar-refractivity contribution in [3.63, 3.8) is 0 Å². The van der Waals surface area contributed by atoms with Gasteiger partial charge in [-0.1, -0.05) is 0 Å². The van der Waals surface area contributed by atoms with Gasteiger partial charge in [0.15, 0.2) is 0 Å². The van der Waals surface area contributed by atoms with Gasteiger partial charge >= 0.3 is 6.16 Å². The van der Waals surface area contributed by atoms with Crippen molar-refractivity contribution in [2.75, 3.05) is 13.3 Å². The van der Waals surface area contributed by atoms with Gasteiger partial charge in [0.2, 0.25) is 0 Å². The van der Waals surface area contributed by atoms with E-state index in [-0.39, 0.29) is 6.61 Å². The van der Waals surface area contributed by atoms with E-state index in [1.807, 2.05) is 17.9 Å². The minimum atomic E-state index is -1.05. The molecule has 0 fully saturated rings. The van der Waals surface area contributed by atoms with Crippen LogP contribution in [0, 0.1) is 24.4 Å². The molecule has 0 bridgehead atoms. The van der Waals surface area contributed by atoms with Crippen molar-refractivity contribution >= 4 is 6.16 Å². The highest BCUT2D eigenvalue weighted by molar-refractivity contribution is 5.61. The van der Waals surface area contributed by atoms with E-state index in [1.54, 1.807) is 0 Å². The molecule has 3 nitrogen and oxygen atoms in total. The van der Waals surface area contributed by atoms with Gasteiger partial charge in [-0.15, -0.1) is 6.42 Å². The Hall–Kier alpha value is -1.68. The molecule has 58 valence electrons. The van der Waals surface area contributed by atoms with Crippen molar-refractivity contribution in [1.29, 1.82) is 0 Å². The highest BCUT2D eigenvalue weighted by Crippen LogP contribution is 1.82. The number of carbonyl (C=O) groups excluding carboxylic acids is 1. The first-order valence-corrected chi connectivity index (χ1v) is 2.66. The minimum absolute atomic E-state index is 0.337. The van der Waals surface area contributed by atoms with Crippen LogP contribution < -0.4 is 0 Å². The van der Waals surface area contributed by atoms with Gasteiger partial charge < -0.3 is 9.47 Å². The molecule has 0 aliphatic carbocycles. The molecule has 4 heteroatoms. The van der Waals surface area contributed by atoms with Crippen LogP contribution in [0.25, 0.3) is 0 Å². The van der Waals surface area contributed by atoms with Gasteiger partial charge in [0.05, 0.1) is 0 Å². The highest BCUT2D eigenvalue weighted by Gasteiger charge is 1.99. The van der Waals surface area contributed by atoms with E-state index in [0.29, 0.717) is 0 Å². The number of carbonyl (C=O) groups is 1. The van der Waals surface area contributed by atoms with Crippen LogP contribution in [0.4, 0.5) is 9.18 Å². The second-order valence-corrected chi connectivity index (χ2v) is 1.26. The van der Waals surface area contributed by atoms with Gasteiger partial charge in [-0.25, -0.2) is 9.18 Å². The predicted octanol–water partition coefficient (Wildman–Crippen LogP) is 0.703. The number of hydrogen-bond donors (Lipinski definition) is 0. The summed E-state index contributed by atoms with van der Waals surface area (Å²) < 4.78 is 19.5. The third kappa shape index (κ3) is 6.20. The lowest BCUT2D eigenvalue weighted by atomic mass is 10.7. The van der Waals surface area contributed by atoms with Crippen LogP contribution >= 0.6 is 0 Å². The molecular weight excluding hydrogens is 151 g/mol. The van der Waals surface area contributed by atoms with E-state index in [0.717, 1.165) is 0 Å². The lowest BCUT2D eigenvalue weighted by molar-refractivity contribution is 0.0846. The van der Waals surface area contributed by atoms with Gasteiger partial charge in [0.25, 0.3) is 0 Å². The minimum Gasteiger partial charge on any atom is -0.431 e. The second kappa shape index (κ2) is 6.44. The summed E-state index contributed by atoms with van der Waals surface area (Å²) in [7, 11) is 0. The number of terminal acetylenes is 1. The van der Waals surface area contributed by atoms with Gasteiger partial charge in [-0.3, -0.25) is 0 Å². The fourth-order valence-corrected chi connectivity index (χ4v) is 0.248. The number of rotatable bonds is 2. The SMILES string of the molecule is C#CC#COC(=O)OCCF. The smallest absolute Gasteiger partial charge is 0.431 e. The maximum absolute atomic E-state index is 11.3. The zero-order valence-corrected chi connectivity index (χ0v) is 5.59. The molecule has 0 aromatic rings. The Kier molecular flexibility index (Phi) is 5.46. The van der Waals surface area contributed by atoms with Crippen molar-refractivity contribution in [3.05, 3.63) is 0 Å². The topological polar surface area (TPSA) is 35.5 Å². The van der Waals surface area contributed by atoms with Crippen LogP contribution in [0.3, 0.4) is 0 Å². The molecular formula is C7H5FO3. The molecule has 0 aromatic carbocycles. The summed E-state index contributed by atoms with van der Waals surface area (Å²) in [5.41, 5.74) is 0. The van der Waals surface area contributed by atoms with Crippen LogP contribution in [-0.2, 0) is 9.47 Å². The molecule has 0 saturated carbocycles. The van der Waals surface area contributed by atoms with Crippen molar-refractivity contribution in [1.82, 2.24) is 0 Å². The predicted molar refractivity (Wildman–Crippen MR) is 35.0 cm³/mol. The first kappa shape index (κ1) is 9.32. The van der Waals surface area contributed by atoms with E-state index >= 15 is 0 Å². The molecule has 0 amide bonds. The van der Waals surface area contributed by atoms with Crippen LogP contribution in [0.15, 0.2) is 0 Å². The van der Waals surface area contributed by atoms with Crippen LogP contribution in [-0.4, -0.2) is 19.4 Å². The molecule has 0 atom stereocenters. The first-order chi connectivity index (χ1) is 5.31. The molecule has 11 heavy (non-hydrogen) atoms. The second-order valence-electron chi connectivity index (χ2n) is 1.26. The Morgan fingerprint density at radius 1 is 1.64 bits per heavy atom. The van der Waals surface area contributed by atoms with Gasteiger partial charge in [0.1, 0.15) is 19.4 Å². The molecule has 0 spiro atoms. The first-order valence-electron chi connectivity index (χ1n) is 2.66. The normalized spacial score (nSPS) is 6.91. The van der Waals surface area contributed by atoms with Gasteiger partial charge in [-0.05, 0) is 5.92 Å². The van der Waals surface area contributed by atoms with Gasteiger partial charge in [0, 0.05) is 5.92 Å². The summed E-state index contributed by atoms with van der Waals surface area (Å²) in [4.78, 5) is 10.3. The third-order valence-electron chi connectivity index (χ3n) is 0.555. The van der Waals surface area contributed by atoms with E-state index in [2.05, 4.69) is 9.47 Å². The van der Waals surface area contributed by atoms with E-state index in [9.17, 15) is 9.18 Å². The van der Waals surface area contributed by atoms with Crippen molar-refractivity contribution in [3.8, 4) is 24.4 Å². The summed E-state index contributed by atoms with van der Waals surface area (Å²) in [6.07, 6.45) is 5.51. The van der Waals surface area contributed by atoms with Crippen LogP contribution in [0.2, 0.25) is 0 Å². The fourth-order valence-electron chi connectivity index (χ4n) is 0.248. The summed E-state index contributed by atoms with van der Waals surface area (Å²) >= 11 is 0. The lowest BCUT2D eigenvalue weighted by Crippen LogP contribution is -2.05. The zero-order valence-electron chi connectivity index (χ0n) is 5.59. The molecule has 0 N–H and O–H groups in total. The standard InChI is InChI=1S/C7H5FO3/c1-2-3-5-10-7(9)11-6-4-8/h1H,4,6H2. The number of halogens is 1. The summed E-state index contributed by atoms with van der Waals surface area (Å²) in [6.45, 7) is -1.09. The van der Waals surface area contributed by atoms with E-state index in [1.165, 1.54) is 0 Å². The molecule has 0 radical (unpaired) electrons. The Bertz CT molecular complexity index is 218. The molecule has 0 unspecified atom stereocenters. The van der Waals surface area contributed by atoms with Crippen LogP contribution in [0.5, 0.6) is 0 Å². The summed E-state index contributed by atoms with van der Waals surface area (Å²) in [6, 6.07) is 0. The Morgan fingerprint density at radius 2 is 2.36 bits per heavy atom. The fraction of sp³-hybridized carbons (Fsp3) is 0.286. The monoisotopic (exact) mass is 156 g/mol. The number of ether oxygens (including phenoxy) is 2. The summed E-state index contributed by atoms with van der Waals surface area (Å²) in [5, 5.41) is 0. The third-order valence-corrected chi connectivity index (χ3v) is 0.555. The lowest BCUT2D eigenvalue weighted by Gasteiger charge is -1.95. The quantitative estimate of drug-likeness (QED) is 0.436. The Labute approximate surface area is 63.5 Å². The maximum Gasteiger partial charge on any atom is 0.522 e. The number of alkyl halides is 1. The average molecular weight is 156 g/mol. The molecule has 0 heterocycles. The largest absolute Gasteiger partial charge is 0.522 e. The molecule has 0 aliphatic heterocycles. The Balaban J connectivity index is 3.47. The van der Waals surface area contributed by atoms with Crippen LogP contribution in [0.1, 0.15) is 0 Å². The van der Waals surface area contributed by atoms with Crippen molar-refractivity contribution in [2.45, 2.75) is 0 Å². The van der Waals surface area contributed by atoms with Gasteiger partial charge in [-0.2, -0.15) is 0 Å². The number of hydrogen-bond acceptors (Lipinski definition) is 3. The highest BCUT2D eigenvalue weighted by atomic mass is 19.1. The average Bonchev–Trinajstić information content (AvgIpc) is 2.01. The van der Waals surface area contributed by atoms with E-state index < -0.39 is 12.8 Å². The zero-order chi connectivity index (χ0) is 8.53. The van der Waals surface area contributed by atoms with Crippen molar-refractivity contribution in [2.24, 2.45) is 0 Å². The molecule has 0 aromatic heterocycles. The molecule has 0 rings (SSSR count). The maximum atomic E-state index is 11.3. The Morgan fingerprint density at radius 3 is 2.91 bits per heavy atom. The molecule has 0 aliphatic rings. The summed E-state index contributed by atoms with van der Waals surface area (Å²) in [5.74, 6) is 3.93. The van der Waals surface area contributed by atoms with Crippen molar-refractivity contribution < 1.29 is 18.7 Å². The van der Waals surface area contributed by atoms with E-state index in [4.69, 9.17) is 6.42 Å². The molecule has 0 saturated heterocycles.